The van der Waals surface area contributed by atoms with E-state index in [1.54, 1.807) is 28.9 Å². The lowest BCUT2D eigenvalue weighted by atomic mass is 10.1. The molecule has 0 aliphatic heterocycles. The second kappa shape index (κ2) is 6.49. The average molecular weight is 296 g/mol. The minimum atomic E-state index is -1.12. The number of aryl methyl sites for hydroxylation is 1. The number of aliphatic hydroxyl groups excluding tert-OH is 1. The summed E-state index contributed by atoms with van der Waals surface area (Å²) in [6, 6.07) is 6.84. The van der Waals surface area contributed by atoms with Gasteiger partial charge in [0, 0.05) is 23.7 Å². The highest BCUT2D eigenvalue weighted by Crippen LogP contribution is 2.24. The van der Waals surface area contributed by atoms with E-state index >= 15 is 0 Å². The van der Waals surface area contributed by atoms with Crippen molar-refractivity contribution in [1.29, 1.82) is 0 Å². The maximum atomic E-state index is 11.2. The molecule has 2 N–H and O–H groups in total. The van der Waals surface area contributed by atoms with E-state index in [0.717, 1.165) is 0 Å². The number of aromatic nitrogens is 3. The van der Waals surface area contributed by atoms with E-state index in [2.05, 4.69) is 10.3 Å². The minimum Gasteiger partial charge on any atom is -0.476 e. The van der Waals surface area contributed by atoms with Crippen molar-refractivity contribution in [3.8, 4) is 11.3 Å². The second-order valence-corrected chi connectivity index (χ2v) is 4.69. The van der Waals surface area contributed by atoms with Crippen molar-refractivity contribution in [3.05, 3.63) is 35.0 Å². The van der Waals surface area contributed by atoms with Gasteiger partial charge in [-0.1, -0.05) is 28.9 Å². The molecule has 0 amide bonds. The Morgan fingerprint density at radius 2 is 1.95 bits per heavy atom. The third-order valence-corrected chi connectivity index (χ3v) is 3.09. The highest BCUT2D eigenvalue weighted by atomic mass is 35.5. The van der Waals surface area contributed by atoms with Crippen molar-refractivity contribution >= 4 is 17.6 Å². The van der Waals surface area contributed by atoms with Crippen LogP contribution < -0.4 is 0 Å². The summed E-state index contributed by atoms with van der Waals surface area (Å²) in [5, 5.41) is 26.1. The van der Waals surface area contributed by atoms with E-state index in [-0.39, 0.29) is 12.3 Å². The van der Waals surface area contributed by atoms with Crippen molar-refractivity contribution in [2.45, 2.75) is 19.4 Å². The summed E-state index contributed by atoms with van der Waals surface area (Å²) in [6.07, 6.45) is 1.32. The van der Waals surface area contributed by atoms with E-state index in [4.69, 9.17) is 16.7 Å². The Labute approximate surface area is 120 Å². The van der Waals surface area contributed by atoms with Crippen LogP contribution in [-0.2, 0) is 6.54 Å². The van der Waals surface area contributed by atoms with Crippen LogP contribution in [0.25, 0.3) is 11.3 Å². The molecule has 0 saturated carbocycles. The lowest BCUT2D eigenvalue weighted by Gasteiger charge is -2.07. The fraction of sp³-hybridized carbons (Fsp3) is 0.308. The smallest absolute Gasteiger partial charge is 0.358 e. The number of carboxylic acids is 1. The molecular formula is C13H14ClN3O3. The molecule has 7 heteroatoms. The number of unbranched alkanes of at least 4 members (excludes halogenated alkanes) is 1. The third kappa shape index (κ3) is 3.15. The molecule has 0 fully saturated rings. The van der Waals surface area contributed by atoms with Gasteiger partial charge in [-0.25, -0.2) is 9.48 Å². The van der Waals surface area contributed by atoms with Gasteiger partial charge in [0.05, 0.1) is 0 Å². The molecule has 0 saturated heterocycles. The number of aliphatic hydroxyl groups is 1. The number of nitrogens with zero attached hydrogens (tertiary/aromatic N) is 3. The van der Waals surface area contributed by atoms with Gasteiger partial charge in [0.15, 0.2) is 5.69 Å². The molecule has 0 bridgehead atoms. The SMILES string of the molecule is O=C(O)c1nnn(CCCCO)c1-c1ccc(Cl)cc1. The number of carbonyl (C=O) groups is 1. The minimum absolute atomic E-state index is 0.0867. The largest absolute Gasteiger partial charge is 0.476 e. The standard InChI is InChI=1S/C13H14ClN3O3/c14-10-5-3-9(4-6-10)12-11(13(19)20)15-16-17(12)7-1-2-8-18/h3-6,18H,1-2,7-8H2,(H,19,20). The predicted molar refractivity (Wildman–Crippen MR) is 73.7 cm³/mol. The van der Waals surface area contributed by atoms with Crippen molar-refractivity contribution < 1.29 is 15.0 Å². The van der Waals surface area contributed by atoms with Crippen LogP contribution in [0.5, 0.6) is 0 Å². The molecule has 2 aromatic rings. The van der Waals surface area contributed by atoms with Crippen LogP contribution in [0.2, 0.25) is 5.02 Å². The average Bonchev–Trinajstić information content (AvgIpc) is 2.84. The Kier molecular flexibility index (Phi) is 4.70. The highest BCUT2D eigenvalue weighted by Gasteiger charge is 2.20. The number of carboxylic acid groups (broad SMARTS) is 1. The molecule has 106 valence electrons. The monoisotopic (exact) mass is 295 g/mol. The summed E-state index contributed by atoms with van der Waals surface area (Å²) in [5.74, 6) is -1.12. The highest BCUT2D eigenvalue weighted by molar-refractivity contribution is 6.30. The number of rotatable bonds is 6. The topological polar surface area (TPSA) is 88.2 Å². The first-order valence-electron chi connectivity index (χ1n) is 6.17. The van der Waals surface area contributed by atoms with Gasteiger partial charge in [-0.3, -0.25) is 0 Å². The fourth-order valence-corrected chi connectivity index (χ4v) is 2.01. The van der Waals surface area contributed by atoms with Gasteiger partial charge < -0.3 is 10.2 Å². The third-order valence-electron chi connectivity index (χ3n) is 2.83. The van der Waals surface area contributed by atoms with Gasteiger partial charge in [0.1, 0.15) is 5.69 Å². The summed E-state index contributed by atoms with van der Waals surface area (Å²) in [5.41, 5.74) is 1.06. The van der Waals surface area contributed by atoms with Gasteiger partial charge in [-0.05, 0) is 25.0 Å². The Morgan fingerprint density at radius 1 is 1.25 bits per heavy atom. The maximum absolute atomic E-state index is 11.2. The van der Waals surface area contributed by atoms with Crippen LogP contribution in [0.1, 0.15) is 23.3 Å². The zero-order valence-corrected chi connectivity index (χ0v) is 11.4. The van der Waals surface area contributed by atoms with Gasteiger partial charge in [-0.15, -0.1) is 5.10 Å². The van der Waals surface area contributed by atoms with Gasteiger partial charge in [0.25, 0.3) is 0 Å². The predicted octanol–water partition coefficient (Wildman–Crippen LogP) is 2.07. The van der Waals surface area contributed by atoms with Crippen LogP contribution in [0.4, 0.5) is 0 Å². The van der Waals surface area contributed by atoms with E-state index < -0.39 is 5.97 Å². The first-order valence-corrected chi connectivity index (χ1v) is 6.55. The van der Waals surface area contributed by atoms with Gasteiger partial charge >= 0.3 is 5.97 Å². The number of benzene rings is 1. The van der Waals surface area contributed by atoms with Crippen LogP contribution >= 0.6 is 11.6 Å². The maximum Gasteiger partial charge on any atom is 0.358 e. The number of halogens is 1. The molecular weight excluding hydrogens is 282 g/mol. The lowest BCUT2D eigenvalue weighted by molar-refractivity contribution is 0.0691. The normalized spacial score (nSPS) is 10.7. The molecule has 1 heterocycles. The molecule has 6 nitrogen and oxygen atoms in total. The molecule has 0 atom stereocenters. The Bertz CT molecular complexity index is 595. The number of hydrogen-bond acceptors (Lipinski definition) is 4. The van der Waals surface area contributed by atoms with E-state index in [1.807, 2.05) is 0 Å². The summed E-state index contributed by atoms with van der Waals surface area (Å²) >= 11 is 5.84. The molecule has 0 aliphatic rings. The Hall–Kier alpha value is -1.92. The molecule has 20 heavy (non-hydrogen) atoms. The van der Waals surface area contributed by atoms with Crippen molar-refractivity contribution in [3.63, 3.8) is 0 Å². The van der Waals surface area contributed by atoms with Crippen LogP contribution in [-0.4, -0.2) is 37.8 Å². The van der Waals surface area contributed by atoms with Gasteiger partial charge in [0.2, 0.25) is 0 Å². The molecule has 0 unspecified atom stereocenters. The van der Waals surface area contributed by atoms with Gasteiger partial charge in [-0.2, -0.15) is 0 Å². The molecule has 1 aromatic carbocycles. The van der Waals surface area contributed by atoms with Crippen LogP contribution in [0.3, 0.4) is 0 Å². The second-order valence-electron chi connectivity index (χ2n) is 4.25. The molecule has 0 radical (unpaired) electrons. The lowest BCUT2D eigenvalue weighted by Crippen LogP contribution is -2.05. The number of aromatic carboxylic acids is 1. The zero-order valence-electron chi connectivity index (χ0n) is 10.7. The zero-order chi connectivity index (χ0) is 14.5. The summed E-state index contributed by atoms with van der Waals surface area (Å²) in [4.78, 5) is 11.2. The van der Waals surface area contributed by atoms with Crippen molar-refractivity contribution in [2.75, 3.05) is 6.61 Å². The summed E-state index contributed by atoms with van der Waals surface area (Å²) in [7, 11) is 0. The first-order chi connectivity index (χ1) is 9.63. The molecule has 0 aliphatic carbocycles. The molecule has 2 rings (SSSR count). The summed E-state index contributed by atoms with van der Waals surface area (Å²) in [6.45, 7) is 0.593. The van der Waals surface area contributed by atoms with Crippen LogP contribution in [0.15, 0.2) is 24.3 Å². The molecule has 0 spiro atoms. The quantitative estimate of drug-likeness (QED) is 0.797. The summed E-state index contributed by atoms with van der Waals surface area (Å²) < 4.78 is 1.54. The van der Waals surface area contributed by atoms with Crippen molar-refractivity contribution in [1.82, 2.24) is 15.0 Å². The molecule has 1 aromatic heterocycles. The Morgan fingerprint density at radius 3 is 2.55 bits per heavy atom. The Balaban J connectivity index is 2.38. The van der Waals surface area contributed by atoms with E-state index in [9.17, 15) is 9.90 Å². The number of hydrogen-bond donors (Lipinski definition) is 2. The fourth-order valence-electron chi connectivity index (χ4n) is 1.88. The van der Waals surface area contributed by atoms with Crippen molar-refractivity contribution in [2.24, 2.45) is 0 Å². The first kappa shape index (κ1) is 14.5. The van der Waals surface area contributed by atoms with Crippen LogP contribution in [0, 0.1) is 0 Å². The van der Waals surface area contributed by atoms with E-state index in [0.29, 0.717) is 35.7 Å². The van der Waals surface area contributed by atoms with E-state index in [1.165, 1.54) is 0 Å².